The van der Waals surface area contributed by atoms with Gasteiger partial charge in [-0.2, -0.15) is 0 Å². The van der Waals surface area contributed by atoms with Crippen molar-refractivity contribution in [2.45, 2.75) is 64.3 Å². The number of carbonyl (C=O) groups excluding carboxylic acids is 2. The van der Waals surface area contributed by atoms with Crippen molar-refractivity contribution < 1.29 is 13.8 Å². The van der Waals surface area contributed by atoms with Crippen LogP contribution in [0.5, 0.6) is 0 Å². The lowest BCUT2D eigenvalue weighted by molar-refractivity contribution is -0.496. The van der Waals surface area contributed by atoms with Gasteiger partial charge >= 0.3 is 5.56 Å². The summed E-state index contributed by atoms with van der Waals surface area (Å²) in [7, 11) is 0. The number of aromatic nitrogens is 1. The molecule has 2 saturated heterocycles. The number of hydrogen-bond donors (Lipinski definition) is 2. The molecule has 0 bridgehead atoms. The molecule has 208 valence electrons. The minimum atomic E-state index is -0.526. The van der Waals surface area contributed by atoms with Gasteiger partial charge < -0.3 is 10.6 Å². The summed E-state index contributed by atoms with van der Waals surface area (Å²) < 4.78 is 1.57. The summed E-state index contributed by atoms with van der Waals surface area (Å²) in [4.78, 5) is 44.8. The second kappa shape index (κ2) is 10.7. The highest BCUT2D eigenvalue weighted by molar-refractivity contribution is 6.09. The third-order valence-electron chi connectivity index (χ3n) is 9.21. The molecule has 40 heavy (non-hydrogen) atoms. The van der Waals surface area contributed by atoms with Crippen LogP contribution in [0.4, 0.5) is 0 Å². The normalized spacial score (nSPS) is 23.4. The van der Waals surface area contributed by atoms with Gasteiger partial charge in [-0.05, 0) is 66.3 Å². The zero-order chi connectivity index (χ0) is 27.9. The van der Waals surface area contributed by atoms with Gasteiger partial charge in [0.15, 0.2) is 6.21 Å². The quantitative estimate of drug-likeness (QED) is 0.272. The second-order valence-electron chi connectivity index (χ2n) is 12.2. The van der Waals surface area contributed by atoms with Crippen LogP contribution in [-0.4, -0.2) is 48.6 Å². The van der Waals surface area contributed by atoms with Gasteiger partial charge in [0.05, 0.1) is 11.4 Å². The summed E-state index contributed by atoms with van der Waals surface area (Å²) in [5.74, 6) is -1.15. The zero-order valence-electron chi connectivity index (χ0n) is 23.2. The first-order valence-corrected chi connectivity index (χ1v) is 14.6. The molecule has 2 amide bonds. The zero-order valence-corrected chi connectivity index (χ0v) is 23.2. The lowest BCUT2D eigenvalue weighted by Gasteiger charge is -2.44. The van der Waals surface area contributed by atoms with Gasteiger partial charge in [-0.3, -0.25) is 19.9 Å². The number of nitrogens with two attached hydrogens (primary N) is 1. The fourth-order valence-electron chi connectivity index (χ4n) is 6.67. The molecule has 0 spiro atoms. The summed E-state index contributed by atoms with van der Waals surface area (Å²) in [5, 5.41) is 4.87. The molecular formula is C32H38N5O3+. The van der Waals surface area contributed by atoms with Crippen LogP contribution >= 0.6 is 0 Å². The smallest absolute Gasteiger partial charge is 0.404 e. The van der Waals surface area contributed by atoms with E-state index in [1.807, 2.05) is 36.5 Å². The number of nitrogens with zero attached hydrogens (tertiary/aromatic N) is 3. The third kappa shape index (κ3) is 5.12. The summed E-state index contributed by atoms with van der Waals surface area (Å²) in [6.07, 6.45) is 12.8. The predicted molar refractivity (Wildman–Crippen MR) is 156 cm³/mol. The van der Waals surface area contributed by atoms with E-state index in [9.17, 15) is 14.4 Å². The van der Waals surface area contributed by atoms with Gasteiger partial charge in [0.2, 0.25) is 17.3 Å². The molecule has 2 aromatic carbocycles. The Bertz CT molecular complexity index is 1620. The summed E-state index contributed by atoms with van der Waals surface area (Å²) >= 11 is 0. The molecular weight excluding hydrogens is 502 g/mol. The van der Waals surface area contributed by atoms with E-state index in [1.165, 1.54) is 25.8 Å². The van der Waals surface area contributed by atoms with E-state index < -0.39 is 5.92 Å². The molecule has 1 aromatic heterocycles. The van der Waals surface area contributed by atoms with Crippen molar-refractivity contribution in [1.82, 2.24) is 10.2 Å². The molecule has 3 heterocycles. The molecule has 2 aliphatic heterocycles. The van der Waals surface area contributed by atoms with E-state index in [0.717, 1.165) is 53.4 Å². The number of benzene rings is 2. The van der Waals surface area contributed by atoms with Crippen molar-refractivity contribution in [3.63, 3.8) is 0 Å². The van der Waals surface area contributed by atoms with E-state index in [2.05, 4.69) is 17.1 Å². The molecule has 1 saturated carbocycles. The minimum Gasteiger partial charge on any atom is -0.404 e. The van der Waals surface area contributed by atoms with Crippen LogP contribution in [0.3, 0.4) is 0 Å². The van der Waals surface area contributed by atoms with Gasteiger partial charge in [-0.1, -0.05) is 31.5 Å². The Hall–Kier alpha value is -3.65. The lowest BCUT2D eigenvalue weighted by atomic mass is 9.70. The number of rotatable bonds is 7. The highest BCUT2D eigenvalue weighted by Crippen LogP contribution is 2.41. The third-order valence-corrected chi connectivity index (χ3v) is 9.21. The van der Waals surface area contributed by atoms with Gasteiger partial charge in [0.1, 0.15) is 11.3 Å². The molecule has 1 aliphatic carbocycles. The van der Waals surface area contributed by atoms with Crippen LogP contribution in [0.1, 0.15) is 57.4 Å². The minimum absolute atomic E-state index is 0.156. The number of allylic oxidation sites excluding steroid dienone is 1. The van der Waals surface area contributed by atoms with Gasteiger partial charge in [0.25, 0.3) is 0 Å². The number of imide groups is 1. The van der Waals surface area contributed by atoms with Crippen LogP contribution in [0.15, 0.2) is 51.9 Å². The topological polar surface area (TPSA) is 111 Å². The molecule has 1 atom stereocenters. The Morgan fingerprint density at radius 3 is 2.60 bits per heavy atom. The largest absolute Gasteiger partial charge is 0.425 e. The Balaban J connectivity index is 1.20. The van der Waals surface area contributed by atoms with Crippen LogP contribution < -0.4 is 20.9 Å². The SMILES string of the molecule is CC1(CN2CCC(N=CC(=CN)Cc3ccc4c5c3cccc5c(=O)[n+]4=CC3CCC(=O)NC3=O)CC2)CCC1. The van der Waals surface area contributed by atoms with Crippen LogP contribution in [0.25, 0.3) is 21.7 Å². The van der Waals surface area contributed by atoms with E-state index >= 15 is 0 Å². The Morgan fingerprint density at radius 2 is 1.90 bits per heavy atom. The van der Waals surface area contributed by atoms with Crippen molar-refractivity contribution >= 4 is 39.7 Å². The van der Waals surface area contributed by atoms with Gasteiger partial charge in [0, 0.05) is 44.8 Å². The Morgan fingerprint density at radius 1 is 1.12 bits per heavy atom. The van der Waals surface area contributed by atoms with Crippen molar-refractivity contribution in [2.75, 3.05) is 19.6 Å². The first kappa shape index (κ1) is 26.6. The number of nitrogens with one attached hydrogen (secondary N) is 1. The molecule has 6 rings (SSSR count). The average molecular weight is 541 g/mol. The summed E-state index contributed by atoms with van der Waals surface area (Å²) in [6, 6.07) is 10.1. The number of hydrogen-bond acceptors (Lipinski definition) is 6. The molecule has 3 aliphatic rings. The van der Waals surface area contributed by atoms with Crippen LogP contribution in [-0.2, 0) is 16.0 Å². The molecule has 1 unspecified atom stereocenters. The number of amides is 2. The molecule has 3 aromatic rings. The summed E-state index contributed by atoms with van der Waals surface area (Å²) in [6.45, 7) is 5.85. The van der Waals surface area contributed by atoms with Crippen molar-refractivity contribution in [1.29, 1.82) is 0 Å². The fourth-order valence-corrected chi connectivity index (χ4v) is 6.67. The number of aliphatic imine (C=N–C) groups is 1. The maximum absolute atomic E-state index is 13.3. The molecule has 8 nitrogen and oxygen atoms in total. The van der Waals surface area contributed by atoms with Gasteiger partial charge in [-0.15, -0.1) is 4.24 Å². The monoisotopic (exact) mass is 540 g/mol. The average Bonchev–Trinajstić information content (AvgIpc) is 3.21. The standard InChI is InChI=1S/C32H37N5O3/c1-32(12-3-13-32)20-36-14-10-24(11-15-36)34-18-21(17-33)16-22-6-8-27-29-25(22)4-2-5-26(29)31(40)37(27)19-23-7-9-28(38)35-30(23)39/h2,4-6,8,17-19,23-24H,3,7,9-16,20H2,1H3,(H2-,33,34,35,38,39)/p+1. The lowest BCUT2D eigenvalue weighted by Crippen LogP contribution is -2.44. The maximum Gasteiger partial charge on any atom is 0.425 e. The molecule has 3 fully saturated rings. The Kier molecular flexibility index (Phi) is 7.13. The van der Waals surface area contributed by atoms with E-state index in [4.69, 9.17) is 10.7 Å². The summed E-state index contributed by atoms with van der Waals surface area (Å²) in [5.41, 5.74) is 9.19. The molecule has 0 radical (unpaired) electrons. The fraction of sp³-hybridized carbons (Fsp3) is 0.469. The molecule has 3 N–H and O–H groups in total. The number of piperidine rings is 2. The van der Waals surface area contributed by atoms with E-state index in [1.54, 1.807) is 16.7 Å². The number of likely N-dealkylation sites (tertiary alicyclic amines) is 1. The van der Waals surface area contributed by atoms with Crippen LogP contribution in [0.2, 0.25) is 0 Å². The van der Waals surface area contributed by atoms with E-state index in [0.29, 0.717) is 29.7 Å². The predicted octanol–water partition coefficient (Wildman–Crippen LogP) is 2.97. The van der Waals surface area contributed by atoms with Crippen molar-refractivity contribution in [2.24, 2.45) is 22.1 Å². The van der Waals surface area contributed by atoms with Gasteiger partial charge in [-0.25, -0.2) is 4.79 Å². The van der Waals surface area contributed by atoms with Crippen molar-refractivity contribution in [3.05, 3.63) is 64.2 Å². The highest BCUT2D eigenvalue weighted by Gasteiger charge is 2.34. The van der Waals surface area contributed by atoms with Crippen LogP contribution in [0, 0.1) is 17.5 Å². The van der Waals surface area contributed by atoms with Crippen molar-refractivity contribution in [3.8, 4) is 0 Å². The number of carbonyl (C=O) groups is 2. The Labute approximate surface area is 234 Å². The van der Waals surface area contributed by atoms with E-state index in [-0.39, 0.29) is 23.8 Å². The maximum atomic E-state index is 13.3. The first-order valence-electron chi connectivity index (χ1n) is 14.6. The highest BCUT2D eigenvalue weighted by atomic mass is 16.2. The molecule has 8 heteroatoms. The second-order valence-corrected chi connectivity index (χ2v) is 12.2. The first-order chi connectivity index (χ1) is 19.3.